The summed E-state index contributed by atoms with van der Waals surface area (Å²) in [5.41, 5.74) is 2.11. The van der Waals surface area contributed by atoms with Crippen molar-refractivity contribution < 1.29 is 9.18 Å². The number of nitrogens with one attached hydrogen (secondary N) is 1. The van der Waals surface area contributed by atoms with E-state index in [9.17, 15) is 9.18 Å². The van der Waals surface area contributed by atoms with Gasteiger partial charge >= 0.3 is 0 Å². The van der Waals surface area contributed by atoms with Gasteiger partial charge in [-0.25, -0.2) is 19.0 Å². The highest BCUT2D eigenvalue weighted by Gasteiger charge is 2.18. The number of nitrogens with zero attached hydrogens (tertiary/aromatic N) is 5. The first kappa shape index (κ1) is 17.2. The SMILES string of the molecule is Cc1nc(C(=O)Nc2nc3cc(Cl)ccc3n2C)nn1-c1ccc(F)cc1. The van der Waals surface area contributed by atoms with Gasteiger partial charge in [0.2, 0.25) is 11.8 Å². The summed E-state index contributed by atoms with van der Waals surface area (Å²) in [6.45, 7) is 1.71. The van der Waals surface area contributed by atoms with E-state index in [1.807, 2.05) is 6.07 Å². The zero-order valence-electron chi connectivity index (χ0n) is 14.4. The molecule has 2 aromatic heterocycles. The highest BCUT2D eigenvalue weighted by molar-refractivity contribution is 6.31. The van der Waals surface area contributed by atoms with Crippen LogP contribution in [0, 0.1) is 12.7 Å². The topological polar surface area (TPSA) is 77.6 Å². The lowest BCUT2D eigenvalue weighted by atomic mass is 10.3. The number of rotatable bonds is 3. The quantitative estimate of drug-likeness (QED) is 0.586. The lowest BCUT2D eigenvalue weighted by Gasteiger charge is -2.03. The molecule has 27 heavy (non-hydrogen) atoms. The largest absolute Gasteiger partial charge is 0.313 e. The number of fused-ring (bicyclic) bond motifs is 1. The summed E-state index contributed by atoms with van der Waals surface area (Å²) in [6.07, 6.45) is 0. The predicted octanol–water partition coefficient (Wildman–Crippen LogP) is 3.51. The summed E-state index contributed by atoms with van der Waals surface area (Å²) >= 11 is 5.99. The smallest absolute Gasteiger partial charge is 0.297 e. The van der Waals surface area contributed by atoms with Gasteiger partial charge in [0, 0.05) is 12.1 Å². The Balaban J connectivity index is 1.63. The van der Waals surface area contributed by atoms with Gasteiger partial charge in [-0.2, -0.15) is 0 Å². The van der Waals surface area contributed by atoms with Crippen LogP contribution in [0.4, 0.5) is 10.3 Å². The Bertz CT molecular complexity index is 1160. The van der Waals surface area contributed by atoms with E-state index in [2.05, 4.69) is 20.4 Å². The van der Waals surface area contributed by atoms with E-state index in [1.54, 1.807) is 42.8 Å². The number of halogens is 2. The predicted molar refractivity (Wildman–Crippen MR) is 99.7 cm³/mol. The molecule has 4 aromatic rings. The zero-order chi connectivity index (χ0) is 19.1. The number of anilines is 1. The molecule has 1 amide bonds. The molecular weight excluding hydrogens is 371 g/mol. The van der Waals surface area contributed by atoms with Crippen molar-refractivity contribution in [1.82, 2.24) is 24.3 Å². The lowest BCUT2D eigenvalue weighted by Crippen LogP contribution is -2.17. The second kappa shape index (κ2) is 6.48. The molecule has 0 aliphatic carbocycles. The number of hydrogen-bond donors (Lipinski definition) is 1. The van der Waals surface area contributed by atoms with Crippen LogP contribution < -0.4 is 5.32 Å². The van der Waals surface area contributed by atoms with Crippen molar-refractivity contribution in [2.45, 2.75) is 6.92 Å². The first-order valence-corrected chi connectivity index (χ1v) is 8.43. The molecule has 0 saturated carbocycles. The van der Waals surface area contributed by atoms with Gasteiger partial charge in [-0.3, -0.25) is 10.1 Å². The van der Waals surface area contributed by atoms with E-state index in [1.165, 1.54) is 16.8 Å². The molecule has 0 saturated heterocycles. The number of aryl methyl sites for hydroxylation is 2. The molecule has 2 heterocycles. The monoisotopic (exact) mass is 384 g/mol. The van der Waals surface area contributed by atoms with Crippen LogP contribution in [0.25, 0.3) is 16.7 Å². The Morgan fingerprint density at radius 3 is 2.63 bits per heavy atom. The highest BCUT2D eigenvalue weighted by atomic mass is 35.5. The van der Waals surface area contributed by atoms with Crippen molar-refractivity contribution in [3.8, 4) is 5.69 Å². The fourth-order valence-electron chi connectivity index (χ4n) is 2.76. The Kier molecular flexibility index (Phi) is 4.12. The zero-order valence-corrected chi connectivity index (χ0v) is 15.2. The van der Waals surface area contributed by atoms with E-state index in [4.69, 9.17) is 11.6 Å². The van der Waals surface area contributed by atoms with E-state index < -0.39 is 5.91 Å². The maximum Gasteiger partial charge on any atom is 0.297 e. The van der Waals surface area contributed by atoms with Gasteiger partial charge in [0.25, 0.3) is 5.91 Å². The minimum absolute atomic E-state index is 0.0121. The normalized spacial score (nSPS) is 11.1. The average Bonchev–Trinajstić information content (AvgIpc) is 3.16. The standard InChI is InChI=1S/C18H14ClFN6O/c1-10-21-16(24-26(10)13-6-4-12(20)5-7-13)17(27)23-18-22-14-9-11(19)3-8-15(14)25(18)2/h3-9H,1-2H3,(H,22,23,27). The maximum absolute atomic E-state index is 13.1. The van der Waals surface area contributed by atoms with Crippen LogP contribution in [0.2, 0.25) is 5.02 Å². The van der Waals surface area contributed by atoms with Crippen LogP contribution in [0.15, 0.2) is 42.5 Å². The number of benzene rings is 2. The third-order valence-electron chi connectivity index (χ3n) is 4.11. The molecule has 1 N–H and O–H groups in total. The first-order valence-electron chi connectivity index (χ1n) is 8.05. The number of carbonyl (C=O) groups excluding carboxylic acids is 1. The molecule has 0 unspecified atom stereocenters. The Morgan fingerprint density at radius 2 is 1.89 bits per heavy atom. The van der Waals surface area contributed by atoms with E-state index >= 15 is 0 Å². The van der Waals surface area contributed by atoms with Crippen LogP contribution in [0.5, 0.6) is 0 Å². The number of imidazole rings is 1. The van der Waals surface area contributed by atoms with Crippen molar-refractivity contribution in [2.24, 2.45) is 7.05 Å². The summed E-state index contributed by atoms with van der Waals surface area (Å²) < 4.78 is 16.3. The van der Waals surface area contributed by atoms with Gasteiger partial charge in [-0.15, -0.1) is 5.10 Å². The van der Waals surface area contributed by atoms with Gasteiger partial charge < -0.3 is 4.57 Å². The Labute approximate surface area is 158 Å². The molecule has 7 nitrogen and oxygen atoms in total. The summed E-state index contributed by atoms with van der Waals surface area (Å²) in [5.74, 6) is -0.00147. The maximum atomic E-state index is 13.1. The van der Waals surface area contributed by atoms with Gasteiger partial charge in [-0.05, 0) is 49.4 Å². The molecule has 0 aliphatic heterocycles. The van der Waals surface area contributed by atoms with Crippen LogP contribution in [0.1, 0.15) is 16.4 Å². The molecule has 0 fully saturated rings. The molecule has 0 atom stereocenters. The van der Waals surface area contributed by atoms with Gasteiger partial charge in [0.15, 0.2) is 0 Å². The van der Waals surface area contributed by atoms with Crippen LogP contribution in [-0.4, -0.2) is 30.2 Å². The van der Waals surface area contributed by atoms with Gasteiger partial charge in [0.05, 0.1) is 16.7 Å². The molecule has 2 aromatic carbocycles. The average molecular weight is 385 g/mol. The third kappa shape index (κ3) is 3.15. The number of aromatic nitrogens is 5. The fraction of sp³-hybridized carbons (Fsp3) is 0.111. The van der Waals surface area contributed by atoms with Crippen molar-refractivity contribution in [3.05, 3.63) is 65.0 Å². The number of hydrogen-bond acceptors (Lipinski definition) is 4. The molecule has 0 radical (unpaired) electrons. The number of carbonyl (C=O) groups is 1. The summed E-state index contributed by atoms with van der Waals surface area (Å²) in [5, 5.41) is 7.49. The highest BCUT2D eigenvalue weighted by Crippen LogP contribution is 2.22. The lowest BCUT2D eigenvalue weighted by molar-refractivity contribution is 0.101. The van der Waals surface area contributed by atoms with Crippen LogP contribution in [0.3, 0.4) is 0 Å². The number of amides is 1. The molecular formula is C18H14ClFN6O. The second-order valence-electron chi connectivity index (χ2n) is 5.95. The molecule has 9 heteroatoms. The van der Waals surface area contributed by atoms with Gasteiger partial charge in [-0.1, -0.05) is 11.6 Å². The Hall–Kier alpha value is -3.26. The Morgan fingerprint density at radius 1 is 1.15 bits per heavy atom. The molecule has 0 aliphatic rings. The minimum atomic E-state index is -0.497. The van der Waals surface area contributed by atoms with Crippen LogP contribution >= 0.6 is 11.6 Å². The second-order valence-corrected chi connectivity index (χ2v) is 6.39. The van der Waals surface area contributed by atoms with E-state index in [0.717, 1.165) is 5.52 Å². The summed E-state index contributed by atoms with van der Waals surface area (Å²) in [6, 6.07) is 11.1. The summed E-state index contributed by atoms with van der Waals surface area (Å²) in [7, 11) is 1.79. The van der Waals surface area contributed by atoms with Gasteiger partial charge in [0.1, 0.15) is 11.6 Å². The fourth-order valence-corrected chi connectivity index (χ4v) is 2.92. The minimum Gasteiger partial charge on any atom is -0.313 e. The third-order valence-corrected chi connectivity index (χ3v) is 4.35. The van der Waals surface area contributed by atoms with Crippen molar-refractivity contribution in [2.75, 3.05) is 5.32 Å². The first-order chi connectivity index (χ1) is 12.9. The van der Waals surface area contributed by atoms with Crippen molar-refractivity contribution in [1.29, 1.82) is 0 Å². The van der Waals surface area contributed by atoms with E-state index in [-0.39, 0.29) is 11.6 Å². The molecule has 136 valence electrons. The van der Waals surface area contributed by atoms with Crippen LogP contribution in [-0.2, 0) is 7.05 Å². The molecule has 0 bridgehead atoms. The van der Waals surface area contributed by atoms with Crippen molar-refractivity contribution >= 4 is 34.5 Å². The van der Waals surface area contributed by atoms with Crippen molar-refractivity contribution in [3.63, 3.8) is 0 Å². The summed E-state index contributed by atoms with van der Waals surface area (Å²) in [4.78, 5) is 21.1. The molecule has 4 rings (SSSR count). The molecule has 0 spiro atoms. The van der Waals surface area contributed by atoms with E-state index in [0.29, 0.717) is 28.0 Å².